The van der Waals surface area contributed by atoms with E-state index in [0.29, 0.717) is 11.2 Å². The molecular weight excluding hydrogens is 283 g/mol. The lowest BCUT2D eigenvalue weighted by Crippen LogP contribution is -2.08. The van der Waals surface area contributed by atoms with Crippen molar-refractivity contribution in [1.29, 1.82) is 0 Å². The lowest BCUT2D eigenvalue weighted by Gasteiger charge is -2.09. The molecule has 0 aliphatic heterocycles. The lowest BCUT2D eigenvalue weighted by atomic mass is 10.1. The third kappa shape index (κ3) is 3.05. The van der Waals surface area contributed by atoms with Crippen LogP contribution in [0.3, 0.4) is 0 Å². The van der Waals surface area contributed by atoms with Gasteiger partial charge in [0.25, 0.3) is 0 Å². The first kappa shape index (κ1) is 13.4. The number of hydrogen-bond acceptors (Lipinski definition) is 4. The van der Waals surface area contributed by atoms with Crippen molar-refractivity contribution in [3.05, 3.63) is 35.7 Å². The second-order valence-electron chi connectivity index (χ2n) is 3.41. The average Bonchev–Trinajstić information content (AvgIpc) is 2.80. The highest BCUT2D eigenvalue weighted by Gasteiger charge is 2.32. The van der Waals surface area contributed by atoms with Gasteiger partial charge in [0.15, 0.2) is 5.16 Å². The Hall–Kier alpha value is -2.03. The summed E-state index contributed by atoms with van der Waals surface area (Å²) in [6.07, 6.45) is -3.37. The molecule has 0 aliphatic carbocycles. The summed E-state index contributed by atoms with van der Waals surface area (Å²) in [5, 5.41) is 15.3. The van der Waals surface area contributed by atoms with Crippen molar-refractivity contribution in [2.24, 2.45) is 0 Å². The van der Waals surface area contributed by atoms with Crippen LogP contribution in [-0.4, -0.2) is 26.3 Å². The fraction of sp³-hybridized carbons (Fsp3) is 0.100. The maximum absolute atomic E-state index is 12.5. The van der Waals surface area contributed by atoms with Gasteiger partial charge in [-0.3, -0.25) is 5.10 Å². The van der Waals surface area contributed by atoms with E-state index in [1.807, 2.05) is 0 Å². The number of rotatable bonds is 3. The molecule has 9 heteroatoms. The first-order valence-corrected chi connectivity index (χ1v) is 5.67. The SMILES string of the molecule is O=C(O)c1cc(C(F)(F)F)ccc1Sc1ncn[nH]1. The van der Waals surface area contributed by atoms with Gasteiger partial charge in [-0.05, 0) is 30.0 Å². The topological polar surface area (TPSA) is 78.9 Å². The van der Waals surface area contributed by atoms with Crippen molar-refractivity contribution in [1.82, 2.24) is 15.2 Å². The zero-order valence-corrected chi connectivity index (χ0v) is 9.92. The quantitative estimate of drug-likeness (QED) is 0.908. The number of aromatic nitrogens is 3. The molecule has 1 aromatic heterocycles. The van der Waals surface area contributed by atoms with E-state index in [9.17, 15) is 18.0 Å². The number of carboxylic acid groups (broad SMARTS) is 1. The largest absolute Gasteiger partial charge is 0.478 e. The van der Waals surface area contributed by atoms with Gasteiger partial charge in [0.2, 0.25) is 0 Å². The number of carbonyl (C=O) groups is 1. The van der Waals surface area contributed by atoms with Crippen molar-refractivity contribution in [2.75, 3.05) is 0 Å². The van der Waals surface area contributed by atoms with Crippen LogP contribution in [0, 0.1) is 0 Å². The van der Waals surface area contributed by atoms with E-state index in [4.69, 9.17) is 5.11 Å². The summed E-state index contributed by atoms with van der Waals surface area (Å²) in [6, 6.07) is 2.52. The molecule has 100 valence electrons. The molecule has 0 saturated heterocycles. The van der Waals surface area contributed by atoms with Crippen molar-refractivity contribution in [3.8, 4) is 0 Å². The fourth-order valence-electron chi connectivity index (χ4n) is 1.31. The van der Waals surface area contributed by atoms with Gasteiger partial charge in [0, 0.05) is 4.90 Å². The van der Waals surface area contributed by atoms with Gasteiger partial charge in [0.05, 0.1) is 11.1 Å². The van der Waals surface area contributed by atoms with Crippen LogP contribution in [0.1, 0.15) is 15.9 Å². The van der Waals surface area contributed by atoms with Gasteiger partial charge in [-0.15, -0.1) is 0 Å². The summed E-state index contributed by atoms with van der Waals surface area (Å²) >= 11 is 0.891. The Morgan fingerprint density at radius 1 is 1.37 bits per heavy atom. The van der Waals surface area contributed by atoms with Crippen LogP contribution in [0.5, 0.6) is 0 Å². The number of halogens is 3. The third-order valence-corrected chi connectivity index (χ3v) is 3.10. The first-order chi connectivity index (χ1) is 8.88. The summed E-state index contributed by atoms with van der Waals surface area (Å²) in [6.45, 7) is 0. The predicted octanol–water partition coefficient (Wildman–Crippen LogP) is 2.67. The molecule has 5 nitrogen and oxygen atoms in total. The normalized spacial score (nSPS) is 11.5. The van der Waals surface area contributed by atoms with E-state index in [2.05, 4.69) is 15.2 Å². The highest BCUT2D eigenvalue weighted by Crippen LogP contribution is 2.34. The van der Waals surface area contributed by atoms with Gasteiger partial charge in [-0.2, -0.15) is 18.3 Å². The van der Waals surface area contributed by atoms with Crippen LogP contribution >= 0.6 is 11.8 Å². The highest BCUT2D eigenvalue weighted by atomic mass is 32.2. The number of nitrogens with zero attached hydrogens (tertiary/aromatic N) is 2. The third-order valence-electron chi connectivity index (χ3n) is 2.14. The standard InChI is InChI=1S/C10H6F3N3O2S/c11-10(12,13)5-1-2-7(6(3-5)8(17)18)19-9-14-4-15-16-9/h1-4H,(H,17,18)(H,14,15,16). The molecule has 2 rings (SSSR count). The summed E-state index contributed by atoms with van der Waals surface area (Å²) in [5.41, 5.74) is -1.44. The zero-order chi connectivity index (χ0) is 14.0. The highest BCUT2D eigenvalue weighted by molar-refractivity contribution is 7.99. The van der Waals surface area contributed by atoms with E-state index in [1.54, 1.807) is 0 Å². The molecule has 0 spiro atoms. The maximum Gasteiger partial charge on any atom is 0.416 e. The van der Waals surface area contributed by atoms with Crippen LogP contribution in [-0.2, 0) is 6.18 Å². The summed E-state index contributed by atoms with van der Waals surface area (Å²) < 4.78 is 37.5. The second kappa shape index (κ2) is 4.92. The first-order valence-electron chi connectivity index (χ1n) is 4.85. The number of nitrogens with one attached hydrogen (secondary N) is 1. The minimum Gasteiger partial charge on any atom is -0.478 e. The molecule has 0 radical (unpaired) electrons. The minimum absolute atomic E-state index is 0.150. The zero-order valence-electron chi connectivity index (χ0n) is 9.10. The molecule has 0 aliphatic rings. The van der Waals surface area contributed by atoms with Gasteiger partial charge >= 0.3 is 12.1 Å². The van der Waals surface area contributed by atoms with Gasteiger partial charge in [0.1, 0.15) is 6.33 Å². The molecule has 0 unspecified atom stereocenters. The van der Waals surface area contributed by atoms with E-state index in [0.717, 1.165) is 23.9 Å². The lowest BCUT2D eigenvalue weighted by molar-refractivity contribution is -0.137. The number of hydrogen-bond donors (Lipinski definition) is 2. The maximum atomic E-state index is 12.5. The molecule has 0 atom stereocenters. The van der Waals surface area contributed by atoms with Crippen LogP contribution in [0.2, 0.25) is 0 Å². The molecule has 0 amide bonds. The Bertz CT molecular complexity index is 599. The molecule has 0 bridgehead atoms. The number of H-pyrrole nitrogens is 1. The van der Waals surface area contributed by atoms with Gasteiger partial charge in [-0.25, -0.2) is 9.78 Å². The van der Waals surface area contributed by atoms with E-state index < -0.39 is 23.3 Å². The average molecular weight is 289 g/mol. The molecule has 1 aromatic carbocycles. The Morgan fingerprint density at radius 2 is 2.11 bits per heavy atom. The number of carboxylic acids is 1. The molecule has 0 fully saturated rings. The van der Waals surface area contributed by atoms with Crippen LogP contribution < -0.4 is 0 Å². The Kier molecular flexibility index (Phi) is 3.47. The van der Waals surface area contributed by atoms with Gasteiger partial charge in [-0.1, -0.05) is 0 Å². The monoisotopic (exact) mass is 289 g/mol. The van der Waals surface area contributed by atoms with Gasteiger partial charge < -0.3 is 5.11 Å². The van der Waals surface area contributed by atoms with Crippen LogP contribution in [0.15, 0.2) is 34.6 Å². The van der Waals surface area contributed by atoms with Crippen molar-refractivity contribution in [2.45, 2.75) is 16.2 Å². The Labute approximate surface area is 108 Å². The molecule has 2 aromatic rings. The number of aromatic amines is 1. The van der Waals surface area contributed by atoms with E-state index in [1.165, 1.54) is 6.33 Å². The fourth-order valence-corrected chi connectivity index (χ4v) is 2.11. The van der Waals surface area contributed by atoms with E-state index in [-0.39, 0.29) is 4.90 Å². The number of alkyl halides is 3. The summed E-state index contributed by atoms with van der Waals surface area (Å²) in [7, 11) is 0. The molecule has 19 heavy (non-hydrogen) atoms. The second-order valence-corrected chi connectivity index (χ2v) is 4.44. The molecular formula is C10H6F3N3O2S. The Morgan fingerprint density at radius 3 is 2.63 bits per heavy atom. The smallest absolute Gasteiger partial charge is 0.416 e. The molecule has 0 saturated carbocycles. The minimum atomic E-state index is -4.58. The van der Waals surface area contributed by atoms with Crippen LogP contribution in [0.25, 0.3) is 0 Å². The summed E-state index contributed by atoms with van der Waals surface area (Å²) in [4.78, 5) is 14.9. The number of aromatic carboxylic acids is 1. The Balaban J connectivity index is 2.41. The number of benzene rings is 1. The van der Waals surface area contributed by atoms with Crippen molar-refractivity contribution < 1.29 is 23.1 Å². The molecule has 1 heterocycles. The predicted molar refractivity (Wildman–Crippen MR) is 58.9 cm³/mol. The van der Waals surface area contributed by atoms with E-state index >= 15 is 0 Å². The van der Waals surface area contributed by atoms with Crippen molar-refractivity contribution >= 4 is 17.7 Å². The van der Waals surface area contributed by atoms with Crippen molar-refractivity contribution in [3.63, 3.8) is 0 Å². The van der Waals surface area contributed by atoms with Crippen LogP contribution in [0.4, 0.5) is 13.2 Å². The summed E-state index contributed by atoms with van der Waals surface area (Å²) in [5.74, 6) is -1.44. The molecule has 2 N–H and O–H groups in total.